The minimum atomic E-state index is -4.65. The van der Waals surface area contributed by atoms with Crippen LogP contribution in [0.3, 0.4) is 0 Å². The lowest BCUT2D eigenvalue weighted by molar-refractivity contribution is -0.154. The van der Waals surface area contributed by atoms with Gasteiger partial charge in [-0.25, -0.2) is 0 Å². The second-order valence-electron chi connectivity index (χ2n) is 8.16. The Bertz CT molecular complexity index is 1410. The molecule has 0 amide bonds. The number of ether oxygens (including phenoxy) is 2. The lowest BCUT2D eigenvalue weighted by atomic mass is 10.0. The van der Waals surface area contributed by atoms with Crippen LogP contribution in [0.5, 0.6) is 11.8 Å². The topological polar surface area (TPSA) is 81.2 Å². The average Bonchev–Trinajstić information content (AvgIpc) is 2.90. The Hall–Kier alpha value is -4.55. The van der Waals surface area contributed by atoms with Crippen LogP contribution in [0.1, 0.15) is 11.1 Å². The number of halogens is 6. The molecule has 0 fully saturated rings. The molecule has 0 spiro atoms. The SMILES string of the molecule is COc1cccc(-c2ccc(CNc3nc(Nc4cccc(C(F)(F)F)c4)nc(OCC(F)(F)F)n3)cc2)c1. The molecule has 0 atom stereocenters. The third-order valence-corrected chi connectivity index (χ3v) is 5.23. The van der Waals surface area contributed by atoms with Gasteiger partial charge in [-0.15, -0.1) is 0 Å². The summed E-state index contributed by atoms with van der Waals surface area (Å²) in [5.74, 6) is 0.261. The van der Waals surface area contributed by atoms with Crippen LogP contribution in [0.2, 0.25) is 0 Å². The van der Waals surface area contributed by atoms with E-state index in [-0.39, 0.29) is 24.1 Å². The number of rotatable bonds is 9. The summed E-state index contributed by atoms with van der Waals surface area (Å²) < 4.78 is 87.1. The van der Waals surface area contributed by atoms with Gasteiger partial charge in [-0.05, 0) is 47.0 Å². The standard InChI is InChI=1S/C26H21F6N5O2/c1-38-21-7-2-4-18(12-21)17-10-8-16(9-11-17)14-33-22-35-23(37-24(36-22)39-15-25(27,28)29)34-20-6-3-5-19(13-20)26(30,31)32/h2-13H,14-15H2,1H3,(H2,33,34,35,36,37). The summed E-state index contributed by atoms with van der Waals surface area (Å²) in [6.45, 7) is -1.48. The van der Waals surface area contributed by atoms with Crippen molar-refractivity contribution >= 4 is 17.6 Å². The Morgan fingerprint density at radius 3 is 2.18 bits per heavy atom. The molecule has 2 N–H and O–H groups in total. The molecule has 13 heteroatoms. The summed E-state index contributed by atoms with van der Waals surface area (Å²) in [6, 6.07) is 18.5. The van der Waals surface area contributed by atoms with Gasteiger partial charge in [0.15, 0.2) is 6.61 Å². The Kier molecular flexibility index (Phi) is 8.07. The van der Waals surface area contributed by atoms with Gasteiger partial charge in [0.05, 0.1) is 12.7 Å². The van der Waals surface area contributed by atoms with Crippen LogP contribution in [0.15, 0.2) is 72.8 Å². The van der Waals surface area contributed by atoms with Crippen molar-refractivity contribution in [2.24, 2.45) is 0 Å². The van der Waals surface area contributed by atoms with Gasteiger partial charge in [0.25, 0.3) is 0 Å². The first kappa shape index (κ1) is 27.5. The van der Waals surface area contributed by atoms with Crippen molar-refractivity contribution in [2.45, 2.75) is 18.9 Å². The summed E-state index contributed by atoms with van der Waals surface area (Å²) in [5, 5.41) is 5.43. The first-order chi connectivity index (χ1) is 18.5. The van der Waals surface area contributed by atoms with Crippen molar-refractivity contribution in [3.63, 3.8) is 0 Å². The number of hydrogen-bond acceptors (Lipinski definition) is 7. The number of alkyl halides is 6. The molecule has 4 aromatic rings. The number of nitrogens with zero attached hydrogens (tertiary/aromatic N) is 3. The van der Waals surface area contributed by atoms with E-state index in [2.05, 4.69) is 30.3 Å². The summed E-state index contributed by atoms with van der Waals surface area (Å²) in [6.07, 6.45) is -9.24. The van der Waals surface area contributed by atoms with E-state index >= 15 is 0 Å². The van der Waals surface area contributed by atoms with E-state index < -0.39 is 30.5 Å². The van der Waals surface area contributed by atoms with Crippen molar-refractivity contribution in [2.75, 3.05) is 24.4 Å². The van der Waals surface area contributed by atoms with Crippen LogP contribution in [0.4, 0.5) is 43.9 Å². The van der Waals surface area contributed by atoms with Crippen molar-refractivity contribution in [1.82, 2.24) is 15.0 Å². The maximum atomic E-state index is 13.1. The molecule has 0 aliphatic carbocycles. The van der Waals surface area contributed by atoms with E-state index in [9.17, 15) is 26.3 Å². The van der Waals surface area contributed by atoms with Crippen molar-refractivity contribution < 1.29 is 35.8 Å². The van der Waals surface area contributed by atoms with Crippen molar-refractivity contribution in [3.8, 4) is 22.9 Å². The van der Waals surface area contributed by atoms with Crippen molar-refractivity contribution in [3.05, 3.63) is 83.9 Å². The van der Waals surface area contributed by atoms with Crippen molar-refractivity contribution in [1.29, 1.82) is 0 Å². The Morgan fingerprint density at radius 1 is 0.769 bits per heavy atom. The molecular weight excluding hydrogens is 528 g/mol. The maximum absolute atomic E-state index is 13.1. The van der Waals surface area contributed by atoms with Gasteiger partial charge in [-0.2, -0.15) is 41.3 Å². The first-order valence-corrected chi connectivity index (χ1v) is 11.4. The summed E-state index contributed by atoms with van der Waals surface area (Å²) >= 11 is 0. The normalized spacial score (nSPS) is 11.7. The fourth-order valence-electron chi connectivity index (χ4n) is 3.40. The number of benzene rings is 3. The molecular formula is C26H21F6N5O2. The Balaban J connectivity index is 1.52. The highest BCUT2D eigenvalue weighted by molar-refractivity contribution is 5.65. The minimum Gasteiger partial charge on any atom is -0.497 e. The summed E-state index contributed by atoms with van der Waals surface area (Å²) in [4.78, 5) is 11.7. The lowest BCUT2D eigenvalue weighted by Gasteiger charge is -2.13. The highest BCUT2D eigenvalue weighted by atomic mass is 19.4. The van der Waals surface area contributed by atoms with Crippen LogP contribution < -0.4 is 20.1 Å². The molecule has 4 rings (SSSR count). The molecule has 0 saturated carbocycles. The Morgan fingerprint density at radius 2 is 1.49 bits per heavy atom. The van der Waals surface area contributed by atoms with Crippen LogP contribution >= 0.6 is 0 Å². The molecule has 0 unspecified atom stereocenters. The summed E-state index contributed by atoms with van der Waals surface area (Å²) in [7, 11) is 1.58. The molecule has 0 bridgehead atoms. The fraction of sp³-hybridized carbons (Fsp3) is 0.192. The van der Waals surface area contributed by atoms with Crippen LogP contribution in [0.25, 0.3) is 11.1 Å². The maximum Gasteiger partial charge on any atom is 0.422 e. The van der Waals surface area contributed by atoms with Crippen LogP contribution in [-0.4, -0.2) is 34.8 Å². The molecule has 39 heavy (non-hydrogen) atoms. The molecule has 3 aromatic carbocycles. The van der Waals surface area contributed by atoms with E-state index in [1.54, 1.807) is 7.11 Å². The second-order valence-corrected chi connectivity index (χ2v) is 8.16. The smallest absolute Gasteiger partial charge is 0.422 e. The molecule has 0 aliphatic rings. The van der Waals surface area contributed by atoms with Gasteiger partial charge in [0.1, 0.15) is 5.75 Å². The number of methoxy groups -OCH3 is 1. The highest BCUT2D eigenvalue weighted by Crippen LogP contribution is 2.31. The molecule has 1 heterocycles. The second kappa shape index (κ2) is 11.5. The van der Waals surface area contributed by atoms with Gasteiger partial charge in [-0.3, -0.25) is 0 Å². The first-order valence-electron chi connectivity index (χ1n) is 11.4. The zero-order chi connectivity index (χ0) is 28.0. The monoisotopic (exact) mass is 549 g/mol. The van der Waals surface area contributed by atoms with E-state index in [0.29, 0.717) is 5.75 Å². The molecule has 7 nitrogen and oxygen atoms in total. The zero-order valence-electron chi connectivity index (χ0n) is 20.3. The molecule has 1 aromatic heterocycles. The van der Waals surface area contributed by atoms with Gasteiger partial charge in [-0.1, -0.05) is 42.5 Å². The number of anilines is 3. The third kappa shape index (κ3) is 7.97. The van der Waals surface area contributed by atoms with Crippen LogP contribution in [0, 0.1) is 0 Å². The van der Waals surface area contributed by atoms with Crippen LogP contribution in [-0.2, 0) is 12.7 Å². The molecule has 0 saturated heterocycles. The third-order valence-electron chi connectivity index (χ3n) is 5.23. The van der Waals surface area contributed by atoms with Gasteiger partial charge in [0.2, 0.25) is 11.9 Å². The molecule has 0 radical (unpaired) electrons. The number of hydrogen-bond donors (Lipinski definition) is 2. The van der Waals surface area contributed by atoms with E-state index in [1.807, 2.05) is 48.5 Å². The van der Waals surface area contributed by atoms with E-state index in [0.717, 1.165) is 28.8 Å². The number of nitrogens with one attached hydrogen (secondary N) is 2. The largest absolute Gasteiger partial charge is 0.497 e. The lowest BCUT2D eigenvalue weighted by Crippen LogP contribution is -2.21. The summed E-state index contributed by atoms with van der Waals surface area (Å²) in [5.41, 5.74) is 1.73. The Labute approximate surface area is 218 Å². The molecule has 0 aliphatic heterocycles. The van der Waals surface area contributed by atoms with Gasteiger partial charge >= 0.3 is 18.4 Å². The fourth-order valence-corrected chi connectivity index (χ4v) is 3.40. The predicted molar refractivity (Wildman–Crippen MR) is 132 cm³/mol. The van der Waals surface area contributed by atoms with Gasteiger partial charge < -0.3 is 20.1 Å². The highest BCUT2D eigenvalue weighted by Gasteiger charge is 2.31. The predicted octanol–water partition coefficient (Wildman–Crippen LogP) is 6.86. The zero-order valence-corrected chi connectivity index (χ0v) is 20.3. The number of aromatic nitrogens is 3. The van der Waals surface area contributed by atoms with Gasteiger partial charge in [0, 0.05) is 12.2 Å². The van der Waals surface area contributed by atoms with E-state index in [4.69, 9.17) is 4.74 Å². The average molecular weight is 549 g/mol. The molecule has 204 valence electrons. The van der Waals surface area contributed by atoms with E-state index in [1.165, 1.54) is 12.1 Å². The minimum absolute atomic E-state index is 0.0307. The quantitative estimate of drug-likeness (QED) is 0.221.